The fraction of sp³-hybridized carbons (Fsp3) is 0.538. The second kappa shape index (κ2) is 8.20. The third-order valence-corrected chi connectivity index (χ3v) is 5.47. The van der Waals surface area contributed by atoms with Crippen LogP contribution in [-0.2, 0) is 20.6 Å². The van der Waals surface area contributed by atoms with Crippen LogP contribution in [0.4, 0.5) is 0 Å². The normalized spacial score (nSPS) is 12.1. The van der Waals surface area contributed by atoms with Gasteiger partial charge in [-0.1, -0.05) is 18.5 Å². The van der Waals surface area contributed by atoms with Crippen molar-refractivity contribution in [1.29, 1.82) is 0 Å². The minimum Gasteiger partial charge on any atom is -0.380 e. The first-order chi connectivity index (χ1) is 9.47. The second-order valence-electron chi connectivity index (χ2n) is 4.08. The summed E-state index contributed by atoms with van der Waals surface area (Å²) in [7, 11) is -3.54. The molecule has 0 saturated carbocycles. The number of benzene rings is 1. The number of alkyl halides is 1. The minimum absolute atomic E-state index is 0.174. The molecule has 0 aliphatic rings. The average Bonchev–Trinajstić information content (AvgIpc) is 2.43. The van der Waals surface area contributed by atoms with Gasteiger partial charge >= 0.3 is 0 Å². The highest BCUT2D eigenvalue weighted by Gasteiger charge is 2.23. The molecule has 0 unspecified atom stereocenters. The number of nitrogens with zero attached hydrogens (tertiary/aromatic N) is 1. The van der Waals surface area contributed by atoms with Crippen LogP contribution in [-0.4, -0.2) is 39.0 Å². The highest BCUT2D eigenvalue weighted by molar-refractivity contribution is 7.89. The first-order valence-electron chi connectivity index (χ1n) is 6.39. The van der Waals surface area contributed by atoms with Gasteiger partial charge in [-0.15, -0.1) is 11.6 Å². The van der Waals surface area contributed by atoms with Crippen LogP contribution >= 0.6 is 23.2 Å². The third kappa shape index (κ3) is 4.33. The van der Waals surface area contributed by atoms with Crippen molar-refractivity contribution in [1.82, 2.24) is 4.31 Å². The number of halogens is 2. The van der Waals surface area contributed by atoms with E-state index in [-0.39, 0.29) is 10.8 Å². The molecule has 4 nitrogen and oxygen atoms in total. The fourth-order valence-corrected chi connectivity index (χ4v) is 3.68. The van der Waals surface area contributed by atoms with Crippen molar-refractivity contribution >= 4 is 33.2 Å². The van der Waals surface area contributed by atoms with Crippen LogP contribution in [0, 0.1) is 0 Å². The van der Waals surface area contributed by atoms with Gasteiger partial charge in [-0.2, -0.15) is 4.31 Å². The van der Waals surface area contributed by atoms with E-state index in [1.54, 1.807) is 13.0 Å². The molecule has 7 heteroatoms. The maximum absolute atomic E-state index is 12.5. The lowest BCUT2D eigenvalue weighted by atomic mass is 10.2. The summed E-state index contributed by atoms with van der Waals surface area (Å²) >= 11 is 11.7. The fourth-order valence-electron chi connectivity index (χ4n) is 1.72. The summed E-state index contributed by atoms with van der Waals surface area (Å²) in [5.41, 5.74) is 0.607. The Labute approximate surface area is 130 Å². The molecule has 0 radical (unpaired) electrons. The van der Waals surface area contributed by atoms with E-state index in [0.29, 0.717) is 36.9 Å². The van der Waals surface area contributed by atoms with Crippen LogP contribution in [0.5, 0.6) is 0 Å². The molecule has 0 amide bonds. The molecular weight excluding hydrogens is 321 g/mol. The summed E-state index contributed by atoms with van der Waals surface area (Å²) in [6.45, 7) is 5.31. The molecule has 0 heterocycles. The number of ether oxygens (including phenoxy) is 1. The molecule has 1 aromatic rings. The van der Waals surface area contributed by atoms with E-state index in [9.17, 15) is 8.42 Å². The van der Waals surface area contributed by atoms with Crippen LogP contribution in [0.15, 0.2) is 23.1 Å². The molecule has 0 fully saturated rings. The molecule has 0 aliphatic carbocycles. The van der Waals surface area contributed by atoms with Crippen molar-refractivity contribution in [2.75, 3.05) is 26.3 Å². The molecular formula is C13H19Cl2NO3S. The Hall–Kier alpha value is -0.330. The van der Waals surface area contributed by atoms with Crippen molar-refractivity contribution in [2.24, 2.45) is 0 Å². The van der Waals surface area contributed by atoms with Crippen molar-refractivity contribution < 1.29 is 13.2 Å². The summed E-state index contributed by atoms with van der Waals surface area (Å²) in [6.07, 6.45) is 0. The first kappa shape index (κ1) is 17.7. The Morgan fingerprint density at radius 2 is 2.00 bits per heavy atom. The van der Waals surface area contributed by atoms with Crippen molar-refractivity contribution in [3.05, 3.63) is 28.8 Å². The lowest BCUT2D eigenvalue weighted by molar-refractivity contribution is 0.135. The quantitative estimate of drug-likeness (QED) is 0.540. The van der Waals surface area contributed by atoms with E-state index < -0.39 is 10.0 Å². The maximum atomic E-state index is 12.5. The van der Waals surface area contributed by atoms with Gasteiger partial charge in [-0.25, -0.2) is 8.42 Å². The molecule has 0 spiro atoms. The topological polar surface area (TPSA) is 46.6 Å². The first-order valence-corrected chi connectivity index (χ1v) is 8.74. The zero-order valence-electron chi connectivity index (χ0n) is 11.6. The molecule has 0 saturated heterocycles. The average molecular weight is 340 g/mol. The number of rotatable bonds is 8. The Balaban J connectivity index is 3.01. The highest BCUT2D eigenvalue weighted by atomic mass is 35.5. The van der Waals surface area contributed by atoms with Gasteiger partial charge in [0.25, 0.3) is 0 Å². The van der Waals surface area contributed by atoms with Crippen LogP contribution in [0.25, 0.3) is 0 Å². The Bertz CT molecular complexity index is 534. The lowest BCUT2D eigenvalue weighted by Gasteiger charge is -2.20. The van der Waals surface area contributed by atoms with Gasteiger partial charge < -0.3 is 4.74 Å². The van der Waals surface area contributed by atoms with Gasteiger partial charge in [0.05, 0.1) is 11.5 Å². The van der Waals surface area contributed by atoms with E-state index >= 15 is 0 Å². The minimum atomic E-state index is -3.54. The summed E-state index contributed by atoms with van der Waals surface area (Å²) in [5, 5.41) is 0.469. The summed E-state index contributed by atoms with van der Waals surface area (Å²) in [5.74, 6) is 0.174. The van der Waals surface area contributed by atoms with E-state index in [2.05, 4.69) is 0 Å². The smallest absolute Gasteiger partial charge is 0.243 e. The number of hydrogen-bond donors (Lipinski definition) is 0. The molecule has 20 heavy (non-hydrogen) atoms. The largest absolute Gasteiger partial charge is 0.380 e. The van der Waals surface area contributed by atoms with Crippen molar-refractivity contribution in [3.8, 4) is 0 Å². The van der Waals surface area contributed by atoms with Crippen LogP contribution in [0.1, 0.15) is 19.4 Å². The summed E-state index contributed by atoms with van der Waals surface area (Å²) < 4.78 is 31.6. The predicted molar refractivity (Wildman–Crippen MR) is 81.9 cm³/mol. The third-order valence-electron chi connectivity index (χ3n) is 2.84. The molecule has 0 atom stereocenters. The van der Waals surface area contributed by atoms with E-state index in [1.807, 2.05) is 6.92 Å². The SMILES string of the molecule is CCOCCN(CC)S(=O)(=O)c1ccc(Cl)c(CCl)c1. The maximum Gasteiger partial charge on any atom is 0.243 e. The van der Waals surface area contributed by atoms with Gasteiger partial charge in [-0.3, -0.25) is 0 Å². The molecule has 0 aromatic heterocycles. The Morgan fingerprint density at radius 3 is 2.55 bits per heavy atom. The molecule has 0 N–H and O–H groups in total. The van der Waals surface area contributed by atoms with Gasteiger partial charge in [0.15, 0.2) is 0 Å². The molecule has 0 bridgehead atoms. The highest BCUT2D eigenvalue weighted by Crippen LogP contribution is 2.24. The lowest BCUT2D eigenvalue weighted by Crippen LogP contribution is -2.34. The predicted octanol–water partition coefficient (Wildman–Crippen LogP) is 3.13. The number of hydrogen-bond acceptors (Lipinski definition) is 3. The van der Waals surface area contributed by atoms with Crippen molar-refractivity contribution in [3.63, 3.8) is 0 Å². The monoisotopic (exact) mass is 339 g/mol. The zero-order chi connectivity index (χ0) is 15.2. The van der Waals surface area contributed by atoms with Crippen LogP contribution in [0.3, 0.4) is 0 Å². The van der Waals surface area contributed by atoms with Crippen LogP contribution in [0.2, 0.25) is 5.02 Å². The zero-order valence-corrected chi connectivity index (χ0v) is 13.9. The molecule has 1 rings (SSSR count). The van der Waals surface area contributed by atoms with Gasteiger partial charge in [0, 0.05) is 30.6 Å². The van der Waals surface area contributed by atoms with Gasteiger partial charge in [-0.05, 0) is 30.7 Å². The van der Waals surface area contributed by atoms with E-state index in [1.165, 1.54) is 16.4 Å². The van der Waals surface area contributed by atoms with Gasteiger partial charge in [0.2, 0.25) is 10.0 Å². The molecule has 114 valence electrons. The van der Waals surface area contributed by atoms with Crippen molar-refractivity contribution in [2.45, 2.75) is 24.6 Å². The number of likely N-dealkylation sites (N-methyl/N-ethyl adjacent to an activating group) is 1. The summed E-state index contributed by atoms with van der Waals surface area (Å²) in [6, 6.07) is 4.58. The van der Waals surface area contributed by atoms with E-state index in [4.69, 9.17) is 27.9 Å². The van der Waals surface area contributed by atoms with Crippen LogP contribution < -0.4 is 0 Å². The van der Waals surface area contributed by atoms with Gasteiger partial charge in [0.1, 0.15) is 0 Å². The molecule has 1 aromatic carbocycles. The number of sulfonamides is 1. The molecule has 0 aliphatic heterocycles. The Kier molecular flexibility index (Phi) is 7.26. The van der Waals surface area contributed by atoms with E-state index in [0.717, 1.165) is 0 Å². The Morgan fingerprint density at radius 1 is 1.30 bits per heavy atom. The standard InChI is InChI=1S/C13H19Cl2NO3S/c1-3-16(7-8-19-4-2)20(17,18)12-5-6-13(15)11(9-12)10-14/h5-6,9H,3-4,7-8,10H2,1-2H3. The summed E-state index contributed by atoms with van der Waals surface area (Å²) in [4.78, 5) is 0.205. The second-order valence-corrected chi connectivity index (χ2v) is 6.69.